The summed E-state index contributed by atoms with van der Waals surface area (Å²) >= 11 is 0. The lowest BCUT2D eigenvalue weighted by Gasteiger charge is -1.99. The maximum atomic E-state index is 12.0. The molecular formula is C19H13NO6. The first-order valence-corrected chi connectivity index (χ1v) is 7.64. The molecule has 0 unspecified atom stereocenters. The second-order valence-corrected chi connectivity index (χ2v) is 5.36. The van der Waals surface area contributed by atoms with Crippen LogP contribution < -0.4 is 0 Å². The molecule has 7 nitrogen and oxygen atoms in total. The Hall–Kier alpha value is -3.74. The van der Waals surface area contributed by atoms with Crippen molar-refractivity contribution >= 4 is 34.5 Å². The first-order valence-electron chi connectivity index (χ1n) is 7.64. The molecule has 130 valence electrons. The quantitative estimate of drug-likeness (QED) is 0.220. The third-order valence-electron chi connectivity index (χ3n) is 3.56. The molecule has 0 spiro atoms. The van der Waals surface area contributed by atoms with E-state index < -0.39 is 23.3 Å². The SMILES string of the molecule is O=C(/C=C/c1ccc([N+](=O)[O-])cc1)OCC(=O)c1cc2ccccc2o1. The summed E-state index contributed by atoms with van der Waals surface area (Å²) in [6.45, 7) is -0.441. The van der Waals surface area contributed by atoms with Crippen LogP contribution >= 0.6 is 0 Å². The van der Waals surface area contributed by atoms with Crippen LogP contribution in [0.15, 0.2) is 65.1 Å². The molecule has 0 saturated heterocycles. The monoisotopic (exact) mass is 351 g/mol. The standard InChI is InChI=1S/C19H13NO6/c21-16(18-11-14-3-1-2-4-17(14)26-18)12-25-19(22)10-7-13-5-8-15(9-6-13)20(23)24/h1-11H,12H2/b10-7+. The van der Waals surface area contributed by atoms with E-state index >= 15 is 0 Å². The van der Waals surface area contributed by atoms with Crippen molar-refractivity contribution in [2.24, 2.45) is 0 Å². The number of fused-ring (bicyclic) bond motifs is 1. The molecule has 7 heteroatoms. The van der Waals surface area contributed by atoms with Crippen LogP contribution in [0.25, 0.3) is 17.0 Å². The molecule has 0 N–H and O–H groups in total. The number of nitro groups is 1. The van der Waals surface area contributed by atoms with Crippen molar-refractivity contribution in [2.75, 3.05) is 6.61 Å². The summed E-state index contributed by atoms with van der Waals surface area (Å²) in [7, 11) is 0. The first kappa shape index (κ1) is 17.1. The number of rotatable bonds is 6. The van der Waals surface area contributed by atoms with Gasteiger partial charge in [-0.25, -0.2) is 4.79 Å². The van der Waals surface area contributed by atoms with Gasteiger partial charge in [0.1, 0.15) is 5.58 Å². The zero-order chi connectivity index (χ0) is 18.5. The highest BCUT2D eigenvalue weighted by molar-refractivity contribution is 5.99. The van der Waals surface area contributed by atoms with Gasteiger partial charge in [-0.3, -0.25) is 14.9 Å². The number of hydrogen-bond acceptors (Lipinski definition) is 6. The number of Topliss-reactive ketones (excluding diaryl/α,β-unsaturated/α-hetero) is 1. The number of carbonyl (C=O) groups excluding carboxylic acids is 2. The maximum Gasteiger partial charge on any atom is 0.331 e. The highest BCUT2D eigenvalue weighted by Gasteiger charge is 2.13. The Kier molecular flexibility index (Phi) is 4.89. The minimum Gasteiger partial charge on any atom is -0.454 e. The number of esters is 1. The van der Waals surface area contributed by atoms with E-state index in [2.05, 4.69) is 0 Å². The maximum absolute atomic E-state index is 12.0. The molecular weight excluding hydrogens is 338 g/mol. The number of nitro benzene ring substituents is 1. The van der Waals surface area contributed by atoms with Crippen molar-refractivity contribution in [1.82, 2.24) is 0 Å². The van der Waals surface area contributed by atoms with Crippen LogP contribution in [0.3, 0.4) is 0 Å². The van der Waals surface area contributed by atoms with Crippen molar-refractivity contribution in [3.63, 3.8) is 0 Å². The number of ketones is 1. The molecule has 2 aromatic carbocycles. The van der Waals surface area contributed by atoms with E-state index in [-0.39, 0.29) is 11.4 Å². The van der Waals surface area contributed by atoms with E-state index in [4.69, 9.17) is 9.15 Å². The van der Waals surface area contributed by atoms with Gasteiger partial charge in [-0.1, -0.05) is 18.2 Å². The smallest absolute Gasteiger partial charge is 0.331 e. The molecule has 0 radical (unpaired) electrons. The molecule has 3 rings (SSSR count). The highest BCUT2D eigenvalue weighted by Crippen LogP contribution is 2.19. The van der Waals surface area contributed by atoms with E-state index in [9.17, 15) is 19.7 Å². The van der Waals surface area contributed by atoms with E-state index in [0.29, 0.717) is 11.1 Å². The van der Waals surface area contributed by atoms with E-state index in [1.165, 1.54) is 30.3 Å². The zero-order valence-corrected chi connectivity index (χ0v) is 13.5. The van der Waals surface area contributed by atoms with Crippen LogP contribution in [-0.2, 0) is 9.53 Å². The van der Waals surface area contributed by atoms with Crippen LogP contribution in [0.2, 0.25) is 0 Å². The molecule has 0 atom stereocenters. The van der Waals surface area contributed by atoms with Crippen LogP contribution in [0.1, 0.15) is 16.1 Å². The number of furan rings is 1. The summed E-state index contributed by atoms with van der Waals surface area (Å²) in [4.78, 5) is 33.8. The molecule has 3 aromatic rings. The van der Waals surface area contributed by atoms with Gasteiger partial charge in [0.25, 0.3) is 5.69 Å². The van der Waals surface area contributed by atoms with Crippen LogP contribution in [0, 0.1) is 10.1 Å². The fourth-order valence-corrected chi connectivity index (χ4v) is 2.25. The number of nitrogens with zero attached hydrogens (tertiary/aromatic N) is 1. The number of ether oxygens (including phenoxy) is 1. The van der Waals surface area contributed by atoms with Crippen molar-refractivity contribution in [3.05, 3.63) is 82.1 Å². The molecule has 0 saturated carbocycles. The third-order valence-corrected chi connectivity index (χ3v) is 3.56. The van der Waals surface area contributed by atoms with E-state index in [1.807, 2.05) is 12.1 Å². The average molecular weight is 351 g/mol. The predicted octanol–water partition coefficient (Wildman–Crippen LogP) is 3.78. The Balaban J connectivity index is 1.56. The van der Waals surface area contributed by atoms with Crippen molar-refractivity contribution in [2.45, 2.75) is 0 Å². The normalized spacial score (nSPS) is 10.9. The van der Waals surface area contributed by atoms with Gasteiger partial charge in [0.05, 0.1) is 4.92 Å². The topological polar surface area (TPSA) is 99.6 Å². The predicted molar refractivity (Wildman–Crippen MR) is 93.6 cm³/mol. The number of benzene rings is 2. The van der Waals surface area contributed by atoms with Gasteiger partial charge < -0.3 is 9.15 Å². The van der Waals surface area contributed by atoms with Crippen molar-refractivity contribution in [3.8, 4) is 0 Å². The van der Waals surface area contributed by atoms with Crippen molar-refractivity contribution < 1.29 is 23.7 Å². The van der Waals surface area contributed by atoms with Crippen LogP contribution in [0.5, 0.6) is 0 Å². The Morgan fingerprint density at radius 2 is 1.85 bits per heavy atom. The number of hydrogen-bond donors (Lipinski definition) is 0. The molecule has 0 amide bonds. The average Bonchev–Trinajstić information content (AvgIpc) is 3.09. The summed E-state index contributed by atoms with van der Waals surface area (Å²) in [5.41, 5.74) is 1.14. The van der Waals surface area contributed by atoms with Gasteiger partial charge in [-0.15, -0.1) is 0 Å². The molecule has 1 heterocycles. The Morgan fingerprint density at radius 3 is 2.54 bits per heavy atom. The van der Waals surface area contributed by atoms with E-state index in [0.717, 1.165) is 11.5 Å². The Labute approximate surface area is 147 Å². The molecule has 0 fully saturated rings. The zero-order valence-electron chi connectivity index (χ0n) is 13.5. The van der Waals surface area contributed by atoms with Crippen LogP contribution in [-0.4, -0.2) is 23.3 Å². The summed E-state index contributed by atoms with van der Waals surface area (Å²) < 4.78 is 10.3. The summed E-state index contributed by atoms with van der Waals surface area (Å²) in [5.74, 6) is -1.02. The molecule has 0 aliphatic rings. The van der Waals surface area contributed by atoms with Gasteiger partial charge in [0.2, 0.25) is 5.78 Å². The van der Waals surface area contributed by atoms with Gasteiger partial charge >= 0.3 is 5.97 Å². The molecule has 1 aromatic heterocycles. The Morgan fingerprint density at radius 1 is 1.12 bits per heavy atom. The lowest BCUT2D eigenvalue weighted by Crippen LogP contribution is -2.11. The summed E-state index contributed by atoms with van der Waals surface area (Å²) in [5, 5.41) is 11.4. The fraction of sp³-hybridized carbons (Fsp3) is 0.0526. The summed E-state index contributed by atoms with van der Waals surface area (Å²) in [6, 6.07) is 14.4. The van der Waals surface area contributed by atoms with Gasteiger partial charge in [-0.05, 0) is 35.9 Å². The van der Waals surface area contributed by atoms with E-state index in [1.54, 1.807) is 18.2 Å². The number of non-ortho nitro benzene ring substituents is 1. The Bertz CT molecular complexity index is 967. The van der Waals surface area contributed by atoms with Gasteiger partial charge in [-0.2, -0.15) is 0 Å². The van der Waals surface area contributed by atoms with Crippen LogP contribution in [0.4, 0.5) is 5.69 Å². The first-order chi connectivity index (χ1) is 12.5. The minimum atomic E-state index is -0.701. The van der Waals surface area contributed by atoms with Gasteiger partial charge in [0, 0.05) is 23.6 Å². The molecule has 0 aliphatic heterocycles. The third kappa shape index (κ3) is 4.02. The number of para-hydroxylation sites is 1. The lowest BCUT2D eigenvalue weighted by molar-refractivity contribution is -0.384. The fourth-order valence-electron chi connectivity index (χ4n) is 2.25. The number of carbonyl (C=O) groups is 2. The minimum absolute atomic E-state index is 0.0406. The highest BCUT2D eigenvalue weighted by atomic mass is 16.6. The molecule has 0 aliphatic carbocycles. The summed E-state index contributed by atoms with van der Waals surface area (Å²) in [6.07, 6.45) is 2.59. The molecule has 0 bridgehead atoms. The molecule has 26 heavy (non-hydrogen) atoms. The van der Waals surface area contributed by atoms with Crippen molar-refractivity contribution in [1.29, 1.82) is 0 Å². The largest absolute Gasteiger partial charge is 0.454 e. The van der Waals surface area contributed by atoms with Gasteiger partial charge in [0.15, 0.2) is 12.4 Å². The lowest BCUT2D eigenvalue weighted by atomic mass is 10.2. The second kappa shape index (κ2) is 7.43. The second-order valence-electron chi connectivity index (χ2n) is 5.36.